The maximum atomic E-state index is 11.7. The maximum Gasteiger partial charge on any atom is 0.338 e. The number of aliphatic carboxylic acids is 1. The third kappa shape index (κ3) is 5.87. The second-order valence-corrected chi connectivity index (χ2v) is 5.86. The van der Waals surface area contributed by atoms with E-state index in [1.165, 1.54) is 19.3 Å². The van der Waals surface area contributed by atoms with Gasteiger partial charge in [0, 0.05) is 13.8 Å². The third-order valence-electron chi connectivity index (χ3n) is 3.45. The Morgan fingerprint density at radius 1 is 1.33 bits per heavy atom. The minimum atomic E-state index is -1.04. The maximum absolute atomic E-state index is 11.7. The molecular formula is C16H26O5. The van der Waals surface area contributed by atoms with Crippen molar-refractivity contribution in [2.75, 3.05) is 0 Å². The molecule has 0 amide bonds. The molecule has 0 unspecified atom stereocenters. The Balaban J connectivity index is 2.46. The molecule has 0 aromatic heterocycles. The van der Waals surface area contributed by atoms with Crippen LogP contribution in [0.1, 0.15) is 59.3 Å². The molecule has 21 heavy (non-hydrogen) atoms. The number of rotatable bonds is 9. The van der Waals surface area contributed by atoms with Crippen LogP contribution in [0.3, 0.4) is 0 Å². The van der Waals surface area contributed by atoms with Crippen LogP contribution in [0.4, 0.5) is 0 Å². The minimum Gasteiger partial charge on any atom is -0.481 e. The van der Waals surface area contributed by atoms with Gasteiger partial charge in [0.25, 0.3) is 0 Å². The lowest BCUT2D eigenvalue weighted by Crippen LogP contribution is -2.33. The predicted molar refractivity (Wildman–Crippen MR) is 78.7 cm³/mol. The van der Waals surface area contributed by atoms with Gasteiger partial charge in [-0.2, -0.15) is 0 Å². The van der Waals surface area contributed by atoms with E-state index in [1.54, 1.807) is 13.8 Å². The van der Waals surface area contributed by atoms with Crippen molar-refractivity contribution in [3.05, 3.63) is 12.2 Å². The lowest BCUT2D eigenvalue weighted by Gasteiger charge is -2.18. The van der Waals surface area contributed by atoms with Gasteiger partial charge in [-0.25, -0.2) is 4.79 Å². The molecule has 0 radical (unpaired) electrons. The van der Waals surface area contributed by atoms with Gasteiger partial charge in [-0.1, -0.05) is 38.3 Å². The highest BCUT2D eigenvalue weighted by molar-refractivity contribution is 5.84. The lowest BCUT2D eigenvalue weighted by molar-refractivity contribution is -0.163. The van der Waals surface area contributed by atoms with Crippen molar-refractivity contribution >= 4 is 11.9 Å². The summed E-state index contributed by atoms with van der Waals surface area (Å²) < 4.78 is 10.4. The van der Waals surface area contributed by atoms with Crippen LogP contribution in [0.15, 0.2) is 12.2 Å². The summed E-state index contributed by atoms with van der Waals surface area (Å²) in [5.41, 5.74) is 0. The fraction of sp³-hybridized carbons (Fsp3) is 0.750. The summed E-state index contributed by atoms with van der Waals surface area (Å²) in [5.74, 6) is -3.57. The van der Waals surface area contributed by atoms with Crippen LogP contribution in [-0.4, -0.2) is 28.9 Å². The molecule has 0 aromatic rings. The molecule has 1 rings (SSSR count). The summed E-state index contributed by atoms with van der Waals surface area (Å²) in [4.78, 5) is 23.0. The lowest BCUT2D eigenvalue weighted by atomic mass is 9.98. The first kappa shape index (κ1) is 17.7. The molecule has 1 saturated heterocycles. The number of carboxylic acids is 1. The van der Waals surface area contributed by atoms with E-state index in [0.29, 0.717) is 0 Å². The van der Waals surface area contributed by atoms with Gasteiger partial charge in [0.05, 0.1) is 5.92 Å². The van der Waals surface area contributed by atoms with Crippen LogP contribution >= 0.6 is 0 Å². The number of carbonyl (C=O) groups excluding carboxylic acids is 1. The number of esters is 1. The molecule has 1 fully saturated rings. The van der Waals surface area contributed by atoms with Gasteiger partial charge in [-0.15, -0.1) is 0 Å². The molecule has 0 aromatic carbocycles. The average Bonchev–Trinajstić information content (AvgIpc) is 2.65. The molecule has 0 aliphatic carbocycles. The minimum absolute atomic E-state index is 0.277. The Hall–Kier alpha value is -1.36. The molecule has 0 spiro atoms. The summed E-state index contributed by atoms with van der Waals surface area (Å²) in [6.45, 7) is 5.37. The summed E-state index contributed by atoms with van der Waals surface area (Å²) in [7, 11) is 0. The summed E-state index contributed by atoms with van der Waals surface area (Å²) in [6.07, 6.45) is 8.72. The Labute approximate surface area is 126 Å². The molecule has 2 atom stereocenters. The molecule has 5 heteroatoms. The first-order valence-corrected chi connectivity index (χ1v) is 7.66. The zero-order chi connectivity index (χ0) is 15.9. The summed E-state index contributed by atoms with van der Waals surface area (Å²) in [5, 5.41) is 9.27. The predicted octanol–water partition coefficient (Wildman–Crippen LogP) is 3.28. The number of unbranched alkanes of at least 4 members (excludes halogenated alkanes) is 4. The standard InChI is InChI=1S/C16H26O5/c1-4-5-6-7-8-9-10-11-12(14(17)18)13-15(19)21-16(2,3)20-13/h9-10,12-13H,4-8,11H2,1-3H3,(H,17,18)/t12-,13+/m1/s1. The van der Waals surface area contributed by atoms with Crippen LogP contribution in [0.2, 0.25) is 0 Å². The van der Waals surface area contributed by atoms with E-state index in [0.717, 1.165) is 12.8 Å². The van der Waals surface area contributed by atoms with Crippen molar-refractivity contribution in [3.63, 3.8) is 0 Å². The van der Waals surface area contributed by atoms with E-state index in [4.69, 9.17) is 9.47 Å². The van der Waals surface area contributed by atoms with E-state index < -0.39 is 29.7 Å². The fourth-order valence-corrected chi connectivity index (χ4v) is 2.33. The number of cyclic esters (lactones) is 1. The van der Waals surface area contributed by atoms with E-state index in [-0.39, 0.29) is 6.42 Å². The van der Waals surface area contributed by atoms with Gasteiger partial charge in [0.1, 0.15) is 0 Å². The smallest absolute Gasteiger partial charge is 0.338 e. The van der Waals surface area contributed by atoms with Crippen molar-refractivity contribution in [3.8, 4) is 0 Å². The Bertz CT molecular complexity index is 386. The number of allylic oxidation sites excluding steroid dienone is 2. The highest BCUT2D eigenvalue weighted by Crippen LogP contribution is 2.29. The second-order valence-electron chi connectivity index (χ2n) is 5.86. The van der Waals surface area contributed by atoms with Crippen LogP contribution in [-0.2, 0) is 19.1 Å². The molecule has 5 nitrogen and oxygen atoms in total. The van der Waals surface area contributed by atoms with Crippen molar-refractivity contribution in [2.24, 2.45) is 5.92 Å². The molecule has 120 valence electrons. The fourth-order valence-electron chi connectivity index (χ4n) is 2.33. The van der Waals surface area contributed by atoms with Gasteiger partial charge in [-0.05, 0) is 19.3 Å². The number of ether oxygens (including phenoxy) is 2. The van der Waals surface area contributed by atoms with Crippen LogP contribution < -0.4 is 0 Å². The quantitative estimate of drug-likeness (QED) is 0.402. The van der Waals surface area contributed by atoms with Crippen LogP contribution in [0, 0.1) is 5.92 Å². The molecular weight excluding hydrogens is 272 g/mol. The van der Waals surface area contributed by atoms with Crippen molar-refractivity contribution in [1.29, 1.82) is 0 Å². The van der Waals surface area contributed by atoms with E-state index in [9.17, 15) is 14.7 Å². The molecule has 1 aliphatic heterocycles. The number of hydrogen-bond acceptors (Lipinski definition) is 4. The van der Waals surface area contributed by atoms with Crippen LogP contribution in [0.5, 0.6) is 0 Å². The van der Waals surface area contributed by atoms with Gasteiger partial charge in [-0.3, -0.25) is 4.79 Å². The van der Waals surface area contributed by atoms with E-state index in [1.807, 2.05) is 12.2 Å². The van der Waals surface area contributed by atoms with Gasteiger partial charge in [0.15, 0.2) is 6.10 Å². The van der Waals surface area contributed by atoms with E-state index in [2.05, 4.69) is 6.92 Å². The topological polar surface area (TPSA) is 72.8 Å². The first-order chi connectivity index (χ1) is 9.87. The van der Waals surface area contributed by atoms with Gasteiger partial charge >= 0.3 is 11.9 Å². The van der Waals surface area contributed by atoms with Crippen molar-refractivity contribution in [1.82, 2.24) is 0 Å². The monoisotopic (exact) mass is 298 g/mol. The Morgan fingerprint density at radius 2 is 2.05 bits per heavy atom. The highest BCUT2D eigenvalue weighted by Gasteiger charge is 2.47. The largest absolute Gasteiger partial charge is 0.481 e. The molecule has 1 heterocycles. The second kappa shape index (κ2) is 8.17. The molecule has 1 N–H and O–H groups in total. The number of carboxylic acid groups (broad SMARTS) is 1. The van der Waals surface area contributed by atoms with E-state index >= 15 is 0 Å². The average molecular weight is 298 g/mol. The van der Waals surface area contributed by atoms with Gasteiger partial charge < -0.3 is 14.6 Å². The van der Waals surface area contributed by atoms with Crippen LogP contribution in [0.25, 0.3) is 0 Å². The SMILES string of the molecule is CCCCCCC=CC[C@@H](C(=O)O)[C@@H]1OC(C)(C)OC1=O. The normalized spacial score (nSPS) is 22.4. The molecule has 0 bridgehead atoms. The molecule has 1 aliphatic rings. The zero-order valence-corrected chi connectivity index (χ0v) is 13.1. The highest BCUT2D eigenvalue weighted by atomic mass is 16.8. The Morgan fingerprint density at radius 3 is 2.57 bits per heavy atom. The number of carbonyl (C=O) groups is 2. The Kier molecular flexibility index (Phi) is 6.89. The third-order valence-corrected chi connectivity index (χ3v) is 3.45. The van der Waals surface area contributed by atoms with Gasteiger partial charge in [0.2, 0.25) is 5.79 Å². The first-order valence-electron chi connectivity index (χ1n) is 7.66. The summed E-state index contributed by atoms with van der Waals surface area (Å²) >= 11 is 0. The summed E-state index contributed by atoms with van der Waals surface area (Å²) in [6, 6.07) is 0. The molecule has 0 saturated carbocycles. The van der Waals surface area contributed by atoms with Crippen molar-refractivity contribution < 1.29 is 24.2 Å². The zero-order valence-electron chi connectivity index (χ0n) is 13.1. The number of hydrogen-bond donors (Lipinski definition) is 1. The van der Waals surface area contributed by atoms with Crippen molar-refractivity contribution in [2.45, 2.75) is 71.2 Å².